The van der Waals surface area contributed by atoms with Crippen LogP contribution < -0.4 is 14.8 Å². The lowest BCUT2D eigenvalue weighted by Gasteiger charge is -2.20. The normalized spacial score (nSPS) is 12.7. The van der Waals surface area contributed by atoms with Crippen molar-refractivity contribution in [3.8, 4) is 6.07 Å². The number of carbonyl (C=O) groups is 1. The zero-order chi connectivity index (χ0) is 24.1. The first-order valence-electron chi connectivity index (χ1n) is 10.6. The standard InChI is InChI=1S/C25H28N4O3S/c1-25(2,3)21-10-12-22(13-11-21)28-33(31,32)29-23(24(30)27-15-14-26)17-18-8-9-19-6-4-5-7-20(19)16-18/h4-13,16,23,28-29H,15,17H2,1-3H3,(H,27,30)/t23-/m0/s1. The Morgan fingerprint density at radius 2 is 1.67 bits per heavy atom. The first kappa shape index (κ1) is 24.2. The predicted molar refractivity (Wildman–Crippen MR) is 131 cm³/mol. The molecule has 0 radical (unpaired) electrons. The summed E-state index contributed by atoms with van der Waals surface area (Å²) in [6.45, 7) is 6.01. The van der Waals surface area contributed by atoms with Crippen molar-refractivity contribution in [2.24, 2.45) is 0 Å². The summed E-state index contributed by atoms with van der Waals surface area (Å²) < 4.78 is 30.5. The van der Waals surface area contributed by atoms with E-state index >= 15 is 0 Å². The van der Waals surface area contributed by atoms with Crippen LogP contribution in [0.1, 0.15) is 31.9 Å². The first-order valence-corrected chi connectivity index (χ1v) is 12.1. The Bertz CT molecular complexity index is 1270. The Labute approximate surface area is 195 Å². The Kier molecular flexibility index (Phi) is 7.36. The highest BCUT2D eigenvalue weighted by Gasteiger charge is 2.25. The van der Waals surface area contributed by atoms with Crippen molar-refractivity contribution in [3.63, 3.8) is 0 Å². The van der Waals surface area contributed by atoms with Gasteiger partial charge in [-0.15, -0.1) is 0 Å². The first-order chi connectivity index (χ1) is 15.6. The molecule has 0 aliphatic rings. The number of fused-ring (bicyclic) bond motifs is 1. The molecule has 0 fully saturated rings. The molecule has 172 valence electrons. The smallest absolute Gasteiger partial charge is 0.299 e. The molecule has 3 aromatic rings. The molecule has 0 unspecified atom stereocenters. The molecule has 3 rings (SSSR count). The lowest BCUT2D eigenvalue weighted by atomic mass is 9.87. The van der Waals surface area contributed by atoms with Crippen molar-refractivity contribution in [3.05, 3.63) is 77.9 Å². The second-order valence-corrected chi connectivity index (χ2v) is 10.3. The van der Waals surface area contributed by atoms with Gasteiger partial charge in [0.2, 0.25) is 5.91 Å². The summed E-state index contributed by atoms with van der Waals surface area (Å²) in [6.07, 6.45) is 0.131. The van der Waals surface area contributed by atoms with Crippen molar-refractivity contribution in [1.29, 1.82) is 5.26 Å². The van der Waals surface area contributed by atoms with Crippen molar-refractivity contribution in [1.82, 2.24) is 10.0 Å². The zero-order valence-electron chi connectivity index (χ0n) is 18.9. The van der Waals surface area contributed by atoms with Gasteiger partial charge >= 0.3 is 0 Å². The molecule has 0 aliphatic heterocycles. The number of hydrogen-bond donors (Lipinski definition) is 3. The highest BCUT2D eigenvalue weighted by molar-refractivity contribution is 7.90. The monoisotopic (exact) mass is 464 g/mol. The third-order valence-electron chi connectivity index (χ3n) is 5.21. The van der Waals surface area contributed by atoms with Crippen molar-refractivity contribution in [2.75, 3.05) is 11.3 Å². The van der Waals surface area contributed by atoms with E-state index < -0.39 is 22.2 Å². The van der Waals surface area contributed by atoms with Crippen LogP contribution in [0.25, 0.3) is 10.8 Å². The summed E-state index contributed by atoms with van der Waals surface area (Å²) in [5.41, 5.74) is 2.20. The van der Waals surface area contributed by atoms with Gasteiger partial charge in [0.25, 0.3) is 10.2 Å². The SMILES string of the molecule is CC(C)(C)c1ccc(NS(=O)(=O)N[C@@H](Cc2ccc3ccccc3c2)C(=O)NCC#N)cc1. The van der Waals surface area contributed by atoms with Crippen LogP contribution in [0.2, 0.25) is 0 Å². The van der Waals surface area contributed by atoms with E-state index in [1.54, 1.807) is 12.1 Å². The molecule has 1 amide bonds. The Balaban J connectivity index is 1.79. The van der Waals surface area contributed by atoms with E-state index in [0.717, 1.165) is 21.9 Å². The van der Waals surface area contributed by atoms with Gasteiger partial charge in [-0.05, 0) is 45.9 Å². The van der Waals surface area contributed by atoms with E-state index in [9.17, 15) is 13.2 Å². The number of carbonyl (C=O) groups excluding carboxylic acids is 1. The third kappa shape index (κ3) is 6.78. The lowest BCUT2D eigenvalue weighted by molar-refractivity contribution is -0.122. The molecule has 0 saturated heterocycles. The lowest BCUT2D eigenvalue weighted by Crippen LogP contribution is -2.49. The van der Waals surface area contributed by atoms with Gasteiger partial charge in [0.05, 0.1) is 6.07 Å². The molecule has 0 bridgehead atoms. The Morgan fingerprint density at radius 3 is 2.30 bits per heavy atom. The third-order valence-corrected chi connectivity index (χ3v) is 6.31. The highest BCUT2D eigenvalue weighted by atomic mass is 32.2. The number of rotatable bonds is 8. The topological polar surface area (TPSA) is 111 Å². The van der Waals surface area contributed by atoms with E-state index in [2.05, 4.69) is 35.5 Å². The van der Waals surface area contributed by atoms with Gasteiger partial charge in [0.15, 0.2) is 0 Å². The zero-order valence-corrected chi connectivity index (χ0v) is 19.7. The van der Waals surface area contributed by atoms with Gasteiger partial charge in [0, 0.05) is 5.69 Å². The molecular weight excluding hydrogens is 436 g/mol. The van der Waals surface area contributed by atoms with Crippen molar-refractivity contribution >= 4 is 32.6 Å². The van der Waals surface area contributed by atoms with Gasteiger partial charge in [0.1, 0.15) is 12.6 Å². The highest BCUT2D eigenvalue weighted by Crippen LogP contribution is 2.24. The van der Waals surface area contributed by atoms with Gasteiger partial charge in [-0.3, -0.25) is 9.52 Å². The maximum Gasteiger partial charge on any atom is 0.299 e. The average Bonchev–Trinajstić information content (AvgIpc) is 2.76. The molecule has 0 heterocycles. The Hall–Kier alpha value is -3.41. The fourth-order valence-corrected chi connectivity index (χ4v) is 4.52. The molecule has 3 aromatic carbocycles. The van der Waals surface area contributed by atoms with Crippen molar-refractivity contribution < 1.29 is 13.2 Å². The summed E-state index contributed by atoms with van der Waals surface area (Å²) in [4.78, 5) is 12.6. The summed E-state index contributed by atoms with van der Waals surface area (Å²) in [5, 5.41) is 13.3. The number of nitrogens with zero attached hydrogens (tertiary/aromatic N) is 1. The number of nitrogens with one attached hydrogen (secondary N) is 3. The van der Waals surface area contributed by atoms with E-state index in [1.807, 2.05) is 60.7 Å². The number of nitriles is 1. The van der Waals surface area contributed by atoms with E-state index in [4.69, 9.17) is 5.26 Å². The number of amides is 1. The molecule has 33 heavy (non-hydrogen) atoms. The van der Waals surface area contributed by atoms with Crippen LogP contribution in [0, 0.1) is 11.3 Å². The molecular formula is C25H28N4O3S. The molecule has 0 aliphatic carbocycles. The number of anilines is 1. The van der Waals surface area contributed by atoms with E-state index in [1.165, 1.54) is 0 Å². The van der Waals surface area contributed by atoms with E-state index in [0.29, 0.717) is 5.69 Å². The molecule has 0 spiro atoms. The van der Waals surface area contributed by atoms with Gasteiger partial charge < -0.3 is 5.32 Å². The number of hydrogen-bond acceptors (Lipinski definition) is 4. The molecule has 0 aromatic heterocycles. The van der Waals surface area contributed by atoms with Crippen LogP contribution in [0.3, 0.4) is 0 Å². The summed E-state index contributed by atoms with van der Waals surface area (Å²) in [6, 6.07) is 21.4. The quantitative estimate of drug-likeness (QED) is 0.442. The fraction of sp³-hybridized carbons (Fsp3) is 0.280. The van der Waals surface area contributed by atoms with Crippen LogP contribution in [0.15, 0.2) is 66.7 Å². The van der Waals surface area contributed by atoms with Crippen LogP contribution in [0.5, 0.6) is 0 Å². The molecule has 3 N–H and O–H groups in total. The van der Waals surface area contributed by atoms with Crippen LogP contribution in [-0.2, 0) is 26.8 Å². The molecule has 1 atom stereocenters. The minimum atomic E-state index is -4.06. The number of benzene rings is 3. The molecule has 7 nitrogen and oxygen atoms in total. The average molecular weight is 465 g/mol. The van der Waals surface area contributed by atoms with Crippen molar-refractivity contribution in [2.45, 2.75) is 38.6 Å². The summed E-state index contributed by atoms with van der Waals surface area (Å²) in [5.74, 6) is -0.571. The second kappa shape index (κ2) is 10.0. The minimum absolute atomic E-state index is 0.0561. The van der Waals surface area contributed by atoms with Gasteiger partial charge in [-0.25, -0.2) is 0 Å². The summed E-state index contributed by atoms with van der Waals surface area (Å²) in [7, 11) is -4.06. The van der Waals surface area contributed by atoms with Crippen LogP contribution in [0.4, 0.5) is 5.69 Å². The van der Waals surface area contributed by atoms with Gasteiger partial charge in [-0.2, -0.15) is 18.4 Å². The fourth-order valence-electron chi connectivity index (χ4n) is 3.45. The maximum absolute atomic E-state index is 12.8. The van der Waals surface area contributed by atoms with E-state index in [-0.39, 0.29) is 18.4 Å². The minimum Gasteiger partial charge on any atom is -0.342 e. The molecule has 0 saturated carbocycles. The van der Waals surface area contributed by atoms with Crippen LogP contribution in [-0.4, -0.2) is 26.9 Å². The second-order valence-electron chi connectivity index (χ2n) is 8.86. The largest absolute Gasteiger partial charge is 0.342 e. The Morgan fingerprint density at radius 1 is 1.00 bits per heavy atom. The summed E-state index contributed by atoms with van der Waals surface area (Å²) >= 11 is 0. The molecule has 8 heteroatoms. The van der Waals surface area contributed by atoms with Crippen LogP contribution >= 0.6 is 0 Å². The predicted octanol–water partition coefficient (Wildman–Crippen LogP) is 3.63. The van der Waals surface area contributed by atoms with Gasteiger partial charge in [-0.1, -0.05) is 75.4 Å². The maximum atomic E-state index is 12.8.